The van der Waals surface area contributed by atoms with Gasteiger partial charge in [0.15, 0.2) is 6.29 Å². The van der Waals surface area contributed by atoms with Crippen molar-refractivity contribution in [3.05, 3.63) is 83.0 Å². The monoisotopic (exact) mass is 404 g/mol. The molecule has 4 N–H and O–H groups in total. The van der Waals surface area contributed by atoms with Gasteiger partial charge in [-0.15, -0.1) is 0 Å². The highest BCUT2D eigenvalue weighted by Gasteiger charge is 2.06. The third-order valence-corrected chi connectivity index (χ3v) is 4.79. The number of aliphatic imine (C=N–C) groups is 1. The van der Waals surface area contributed by atoms with Crippen LogP contribution in [0.25, 0.3) is 0 Å². The van der Waals surface area contributed by atoms with E-state index >= 15 is 0 Å². The minimum Gasteiger partial charge on any atom is -0.395 e. The summed E-state index contributed by atoms with van der Waals surface area (Å²) in [5.74, 6) is 5.76. The van der Waals surface area contributed by atoms with Crippen LogP contribution in [0, 0.1) is 0 Å². The van der Waals surface area contributed by atoms with Crippen molar-refractivity contribution in [2.24, 2.45) is 16.6 Å². The molecular formula is C23H28N6O. The van der Waals surface area contributed by atoms with Crippen LogP contribution in [0.1, 0.15) is 41.8 Å². The Morgan fingerprint density at radius 2 is 1.97 bits per heavy atom. The van der Waals surface area contributed by atoms with Crippen LogP contribution in [-0.4, -0.2) is 40.3 Å². The number of aldehydes is 1. The second kappa shape index (κ2) is 11.0. The molecule has 1 aliphatic heterocycles. The smallest absolute Gasteiger partial charge is 0.167 e. The highest BCUT2D eigenvalue weighted by Crippen LogP contribution is 2.14. The molecule has 0 atom stereocenters. The third kappa shape index (κ3) is 6.63. The first-order valence-corrected chi connectivity index (χ1v) is 10.2. The van der Waals surface area contributed by atoms with Crippen LogP contribution in [0.4, 0.5) is 0 Å². The lowest BCUT2D eigenvalue weighted by atomic mass is 10.0. The summed E-state index contributed by atoms with van der Waals surface area (Å²) in [6.07, 6.45) is 10.7. The van der Waals surface area contributed by atoms with Crippen molar-refractivity contribution in [2.45, 2.75) is 32.1 Å². The van der Waals surface area contributed by atoms with E-state index in [1.165, 1.54) is 16.8 Å². The number of hydrogen-bond donors (Lipinski definition) is 2. The molecule has 0 unspecified atom stereocenters. The third-order valence-electron chi connectivity index (χ3n) is 4.79. The van der Waals surface area contributed by atoms with E-state index in [0.29, 0.717) is 12.8 Å². The maximum Gasteiger partial charge on any atom is 0.167 e. The van der Waals surface area contributed by atoms with Gasteiger partial charge in [0, 0.05) is 25.7 Å². The summed E-state index contributed by atoms with van der Waals surface area (Å²) in [6.45, 7) is 1.48. The van der Waals surface area contributed by atoms with Gasteiger partial charge in [0.1, 0.15) is 0 Å². The Morgan fingerprint density at radius 3 is 2.70 bits per heavy atom. The molecule has 0 saturated carbocycles. The van der Waals surface area contributed by atoms with E-state index in [4.69, 9.17) is 11.6 Å². The van der Waals surface area contributed by atoms with Crippen molar-refractivity contribution >= 4 is 12.0 Å². The number of nitrogens with zero attached hydrogens (tertiary/aromatic N) is 4. The molecule has 156 valence electrons. The molecule has 30 heavy (non-hydrogen) atoms. The number of hydrogen-bond acceptors (Lipinski definition) is 7. The van der Waals surface area contributed by atoms with Crippen LogP contribution in [0.2, 0.25) is 0 Å². The number of carbonyl (C=O) groups excluding carboxylic acids is 1. The van der Waals surface area contributed by atoms with Crippen LogP contribution in [-0.2, 0) is 17.6 Å². The molecule has 1 aliphatic rings. The highest BCUT2D eigenvalue weighted by atomic mass is 16.1. The molecule has 7 heteroatoms. The Bertz CT molecular complexity index is 933. The fourth-order valence-electron chi connectivity index (χ4n) is 3.25. The maximum absolute atomic E-state index is 10.5. The highest BCUT2D eigenvalue weighted by molar-refractivity contribution is 6.09. The van der Waals surface area contributed by atoms with Crippen LogP contribution in [0.5, 0.6) is 0 Å². The number of benzene rings is 1. The zero-order valence-electron chi connectivity index (χ0n) is 17.1. The zero-order chi connectivity index (χ0) is 21.2. The summed E-state index contributed by atoms with van der Waals surface area (Å²) in [5, 5.41) is 10.2. The molecule has 0 aliphatic carbocycles. The van der Waals surface area contributed by atoms with Crippen molar-refractivity contribution < 1.29 is 4.79 Å². The molecule has 2 heterocycles. The summed E-state index contributed by atoms with van der Waals surface area (Å²) in [4.78, 5) is 15.1. The normalized spacial score (nSPS) is 13.8. The Labute approximate surface area is 177 Å². The van der Waals surface area contributed by atoms with Crippen LogP contribution < -0.4 is 11.6 Å². The van der Waals surface area contributed by atoms with Gasteiger partial charge in [-0.3, -0.25) is 9.79 Å². The number of hydrazine groups is 1. The Balaban J connectivity index is 1.48. The number of aromatic nitrogens is 2. The maximum atomic E-state index is 10.5. The van der Waals surface area contributed by atoms with E-state index in [9.17, 15) is 4.79 Å². The first-order chi connectivity index (χ1) is 14.6. The molecule has 0 radical (unpaired) electrons. The summed E-state index contributed by atoms with van der Waals surface area (Å²) in [5.41, 5.74) is 10.8. The Kier molecular flexibility index (Phi) is 7.86. The van der Waals surface area contributed by atoms with E-state index < -0.39 is 0 Å². The average molecular weight is 405 g/mol. The summed E-state index contributed by atoms with van der Waals surface area (Å²) >= 11 is 0. The van der Waals surface area contributed by atoms with Gasteiger partial charge >= 0.3 is 0 Å². The first kappa shape index (κ1) is 21.4. The molecule has 0 spiro atoms. The van der Waals surface area contributed by atoms with Crippen molar-refractivity contribution in [2.75, 3.05) is 13.1 Å². The van der Waals surface area contributed by atoms with Crippen molar-refractivity contribution in [3.63, 3.8) is 0 Å². The second-order valence-corrected chi connectivity index (χ2v) is 7.29. The van der Waals surface area contributed by atoms with Gasteiger partial charge in [0.2, 0.25) is 0 Å². The van der Waals surface area contributed by atoms with Gasteiger partial charge in [0.25, 0.3) is 0 Å². The molecule has 0 bridgehead atoms. The van der Waals surface area contributed by atoms with Gasteiger partial charge in [-0.1, -0.05) is 24.3 Å². The predicted octanol–water partition coefficient (Wildman–Crippen LogP) is 2.31. The fraction of sp³-hybridized carbons (Fsp3) is 0.304. The van der Waals surface area contributed by atoms with Gasteiger partial charge in [-0.2, -0.15) is 10.2 Å². The molecule has 7 nitrogen and oxygen atoms in total. The van der Waals surface area contributed by atoms with Gasteiger partial charge in [-0.05, 0) is 61.1 Å². The largest absolute Gasteiger partial charge is 0.395 e. The van der Waals surface area contributed by atoms with E-state index in [1.807, 2.05) is 12.1 Å². The second-order valence-electron chi connectivity index (χ2n) is 7.29. The van der Waals surface area contributed by atoms with Crippen molar-refractivity contribution in [3.8, 4) is 0 Å². The summed E-state index contributed by atoms with van der Waals surface area (Å²) in [6, 6.07) is 12.5. The number of rotatable bonds is 10. The lowest BCUT2D eigenvalue weighted by Crippen LogP contribution is -2.27. The summed E-state index contributed by atoms with van der Waals surface area (Å²) < 4.78 is 0. The average Bonchev–Trinajstić information content (AvgIpc) is 2.78. The number of nitrogens with two attached hydrogens (primary N) is 2. The van der Waals surface area contributed by atoms with Crippen LogP contribution >= 0.6 is 0 Å². The number of unbranched alkanes of at least 4 members (excludes halogenated alkanes) is 1. The Morgan fingerprint density at radius 1 is 1.13 bits per heavy atom. The van der Waals surface area contributed by atoms with Gasteiger partial charge in [-0.25, -0.2) is 5.84 Å². The Hall–Kier alpha value is -3.32. The number of carbonyl (C=O) groups is 1. The van der Waals surface area contributed by atoms with Crippen LogP contribution in [0.15, 0.2) is 65.4 Å². The van der Waals surface area contributed by atoms with Crippen molar-refractivity contribution in [1.29, 1.82) is 0 Å². The summed E-state index contributed by atoms with van der Waals surface area (Å²) in [7, 11) is 0. The van der Waals surface area contributed by atoms with E-state index in [0.717, 1.165) is 61.3 Å². The minimum absolute atomic E-state index is 0.118. The van der Waals surface area contributed by atoms with E-state index in [1.54, 1.807) is 0 Å². The fourth-order valence-corrected chi connectivity index (χ4v) is 3.25. The van der Waals surface area contributed by atoms with Gasteiger partial charge < -0.3 is 10.7 Å². The lowest BCUT2D eigenvalue weighted by molar-refractivity contribution is -0.105. The quantitative estimate of drug-likeness (QED) is 0.207. The first-order valence-electron chi connectivity index (χ1n) is 10.2. The number of allylic oxidation sites excluding steroid dienone is 2. The molecule has 1 aromatic heterocycles. The van der Waals surface area contributed by atoms with Crippen molar-refractivity contribution in [1.82, 2.24) is 15.2 Å². The van der Waals surface area contributed by atoms with E-state index in [-0.39, 0.29) is 5.70 Å². The number of aryl methyl sites for hydroxylation is 1. The molecule has 1 aromatic carbocycles. The standard InChI is InChI=1S/C23H28N6O/c24-20(17-30)16-29(25)13-4-2-8-21-10-11-22(28-27-21)15-18-6-5-7-19(14-18)23-9-1-3-12-26-23/h1,5-7,9-11,14,16-17H,2-4,8,12-13,15,24-25H2/b20-16-. The topological polar surface area (TPSA) is 110 Å². The SMILES string of the molecule is N/C(C=O)=C\N(N)CCCCc1ccc(Cc2cccc(C3=NCCC=C3)c2)nn1. The van der Waals surface area contributed by atoms with Crippen LogP contribution in [0.3, 0.4) is 0 Å². The lowest BCUT2D eigenvalue weighted by Gasteiger charge is -2.13. The number of dihydropyridines is 1. The van der Waals surface area contributed by atoms with E-state index in [2.05, 4.69) is 51.6 Å². The zero-order valence-corrected chi connectivity index (χ0v) is 17.1. The minimum atomic E-state index is 0.118. The molecule has 0 saturated heterocycles. The molecule has 3 rings (SSSR count). The molecule has 0 amide bonds. The molecule has 0 fully saturated rings. The molecular weight excluding hydrogens is 376 g/mol. The van der Waals surface area contributed by atoms with Gasteiger partial charge in [0.05, 0.1) is 22.8 Å². The predicted molar refractivity (Wildman–Crippen MR) is 119 cm³/mol. The molecule has 2 aromatic rings.